The first-order chi connectivity index (χ1) is 10.6. The second-order valence-electron chi connectivity index (χ2n) is 5.74. The summed E-state index contributed by atoms with van der Waals surface area (Å²) in [5.74, 6) is -0.827. The smallest absolute Gasteiger partial charge is 0.135 e. The molecule has 0 fully saturated rings. The van der Waals surface area contributed by atoms with Gasteiger partial charge >= 0.3 is 0 Å². The lowest BCUT2D eigenvalue weighted by atomic mass is 9.88. The van der Waals surface area contributed by atoms with Crippen molar-refractivity contribution in [2.24, 2.45) is 0 Å². The number of halogens is 2. The highest BCUT2D eigenvalue weighted by atomic mass is 19.1. The molecule has 0 saturated heterocycles. The number of hydrogen-bond donors (Lipinski definition) is 0. The Hall–Kier alpha value is -1.84. The third-order valence-corrected chi connectivity index (χ3v) is 3.67. The fourth-order valence-corrected chi connectivity index (χ4v) is 2.66. The van der Waals surface area contributed by atoms with Gasteiger partial charge in [-0.3, -0.25) is 0 Å². The van der Waals surface area contributed by atoms with E-state index in [4.69, 9.17) is 0 Å². The van der Waals surface area contributed by atoms with Crippen LogP contribution in [0.5, 0.6) is 0 Å². The number of rotatable bonds is 1. The first-order valence-corrected chi connectivity index (χ1v) is 7.89. The number of fused-ring (bicyclic) bond motifs is 1. The number of nitrogens with zero attached hydrogens (tertiary/aromatic N) is 2. The van der Waals surface area contributed by atoms with Crippen molar-refractivity contribution in [2.75, 3.05) is 0 Å². The summed E-state index contributed by atoms with van der Waals surface area (Å²) in [5.41, 5.74) is 2.22. The molecule has 1 aromatic heterocycles. The van der Waals surface area contributed by atoms with Crippen molar-refractivity contribution in [2.45, 2.75) is 52.4 Å². The predicted molar refractivity (Wildman–Crippen MR) is 84.7 cm³/mol. The molecule has 0 saturated carbocycles. The minimum atomic E-state index is -0.599. The number of aryl methyl sites for hydroxylation is 1. The maximum atomic E-state index is 13.7. The van der Waals surface area contributed by atoms with Gasteiger partial charge < -0.3 is 0 Å². The van der Waals surface area contributed by atoms with Crippen molar-refractivity contribution < 1.29 is 8.78 Å². The van der Waals surface area contributed by atoms with E-state index in [9.17, 15) is 8.78 Å². The molecular weight excluding hydrogens is 282 g/mol. The van der Waals surface area contributed by atoms with E-state index in [-0.39, 0.29) is 11.3 Å². The molecule has 1 atom stereocenters. The van der Waals surface area contributed by atoms with Crippen LogP contribution in [0.25, 0.3) is 11.3 Å². The van der Waals surface area contributed by atoms with Crippen LogP contribution in [-0.2, 0) is 6.42 Å². The molecule has 2 aromatic rings. The van der Waals surface area contributed by atoms with Crippen LogP contribution in [0.2, 0.25) is 0 Å². The van der Waals surface area contributed by atoms with Crippen molar-refractivity contribution in [1.29, 1.82) is 0 Å². The summed E-state index contributed by atoms with van der Waals surface area (Å²) < 4.78 is 27.5. The average molecular weight is 304 g/mol. The molecule has 1 aliphatic rings. The Labute approximate surface area is 130 Å². The molecule has 0 N–H and O–H groups in total. The standard InChI is InChI=1S/C15H14F2N2.C3H8/c1-9-4-2-5-10-8-13(18-19-15(9)10)14-11(16)6-3-7-12(14)17;1-3-2/h3,6-9H,2,4-5H2,1H3;3H2,1-2H3. The second kappa shape index (κ2) is 7.43. The zero-order valence-corrected chi connectivity index (χ0v) is 13.4. The van der Waals surface area contributed by atoms with E-state index >= 15 is 0 Å². The molecule has 22 heavy (non-hydrogen) atoms. The maximum Gasteiger partial charge on any atom is 0.135 e. The lowest BCUT2D eigenvalue weighted by Crippen LogP contribution is -2.11. The van der Waals surface area contributed by atoms with E-state index in [0.29, 0.717) is 5.92 Å². The van der Waals surface area contributed by atoms with Crippen LogP contribution in [-0.4, -0.2) is 10.2 Å². The van der Waals surface area contributed by atoms with Crippen LogP contribution in [0.1, 0.15) is 57.2 Å². The molecule has 3 rings (SSSR count). The van der Waals surface area contributed by atoms with Gasteiger partial charge in [-0.15, -0.1) is 0 Å². The normalized spacial score (nSPS) is 16.5. The highest BCUT2D eigenvalue weighted by molar-refractivity contribution is 5.61. The SMILES string of the molecule is CC1CCCc2cc(-c3c(F)cccc3F)nnc21.CCC. The largest absolute Gasteiger partial charge is 0.206 e. The molecule has 0 spiro atoms. The summed E-state index contributed by atoms with van der Waals surface area (Å²) in [7, 11) is 0. The summed E-state index contributed by atoms with van der Waals surface area (Å²) in [6.07, 6.45) is 4.33. The number of benzene rings is 1. The zero-order chi connectivity index (χ0) is 16.1. The van der Waals surface area contributed by atoms with Crippen molar-refractivity contribution in [3.05, 3.63) is 47.2 Å². The topological polar surface area (TPSA) is 25.8 Å². The van der Waals surface area contributed by atoms with E-state index in [1.807, 2.05) is 0 Å². The van der Waals surface area contributed by atoms with Gasteiger partial charge in [0.25, 0.3) is 0 Å². The van der Waals surface area contributed by atoms with Gasteiger partial charge in [0, 0.05) is 5.92 Å². The van der Waals surface area contributed by atoms with Crippen LogP contribution in [0, 0.1) is 11.6 Å². The van der Waals surface area contributed by atoms with E-state index in [0.717, 1.165) is 30.5 Å². The van der Waals surface area contributed by atoms with Crippen molar-refractivity contribution >= 4 is 0 Å². The molecule has 0 bridgehead atoms. The van der Waals surface area contributed by atoms with Gasteiger partial charge in [0.1, 0.15) is 11.6 Å². The Bertz CT molecular complexity index is 621. The van der Waals surface area contributed by atoms with E-state index < -0.39 is 11.6 Å². The Morgan fingerprint density at radius 3 is 2.41 bits per heavy atom. The second-order valence-corrected chi connectivity index (χ2v) is 5.74. The summed E-state index contributed by atoms with van der Waals surface area (Å²) >= 11 is 0. The van der Waals surface area contributed by atoms with Gasteiger partial charge in [0.15, 0.2) is 0 Å². The molecule has 0 aliphatic heterocycles. The molecule has 1 aliphatic carbocycles. The summed E-state index contributed by atoms with van der Waals surface area (Å²) in [4.78, 5) is 0. The van der Waals surface area contributed by atoms with E-state index in [1.54, 1.807) is 6.07 Å². The first kappa shape index (κ1) is 16.5. The third-order valence-electron chi connectivity index (χ3n) is 3.67. The van der Waals surface area contributed by atoms with Gasteiger partial charge in [-0.2, -0.15) is 10.2 Å². The molecule has 1 heterocycles. The van der Waals surface area contributed by atoms with Crippen LogP contribution >= 0.6 is 0 Å². The summed E-state index contributed by atoms with van der Waals surface area (Å²) in [6.45, 7) is 6.36. The molecule has 1 aromatic carbocycles. The summed E-state index contributed by atoms with van der Waals surface area (Å²) in [6, 6.07) is 5.60. The maximum absolute atomic E-state index is 13.7. The van der Waals surface area contributed by atoms with Gasteiger partial charge in [0.2, 0.25) is 0 Å². The molecule has 1 unspecified atom stereocenters. The first-order valence-electron chi connectivity index (χ1n) is 7.89. The molecule has 118 valence electrons. The Morgan fingerprint density at radius 2 is 1.77 bits per heavy atom. The number of hydrogen-bond acceptors (Lipinski definition) is 2. The molecule has 4 heteroatoms. The van der Waals surface area contributed by atoms with E-state index in [1.165, 1.54) is 24.6 Å². The minimum Gasteiger partial charge on any atom is -0.206 e. The van der Waals surface area contributed by atoms with Gasteiger partial charge in [-0.1, -0.05) is 33.3 Å². The lowest BCUT2D eigenvalue weighted by molar-refractivity contribution is 0.562. The fraction of sp³-hybridized carbons (Fsp3) is 0.444. The van der Waals surface area contributed by atoms with Crippen LogP contribution in [0.15, 0.2) is 24.3 Å². The predicted octanol–water partition coefficient (Wildman–Crippen LogP) is 5.28. The Morgan fingerprint density at radius 1 is 1.14 bits per heavy atom. The van der Waals surface area contributed by atoms with Crippen LogP contribution < -0.4 is 0 Å². The van der Waals surface area contributed by atoms with Crippen molar-refractivity contribution in [3.8, 4) is 11.3 Å². The van der Waals surface area contributed by atoms with Crippen LogP contribution in [0.4, 0.5) is 8.78 Å². The molecule has 2 nitrogen and oxygen atoms in total. The van der Waals surface area contributed by atoms with Gasteiger partial charge in [0.05, 0.1) is 17.0 Å². The average Bonchev–Trinajstić information content (AvgIpc) is 2.48. The highest BCUT2D eigenvalue weighted by Gasteiger charge is 2.21. The van der Waals surface area contributed by atoms with Gasteiger partial charge in [-0.05, 0) is 43.0 Å². The molecular formula is C18H22F2N2. The Balaban J connectivity index is 0.000000545. The van der Waals surface area contributed by atoms with Gasteiger partial charge in [-0.25, -0.2) is 8.78 Å². The Kier molecular flexibility index (Phi) is 5.58. The summed E-state index contributed by atoms with van der Waals surface area (Å²) in [5, 5.41) is 8.18. The minimum absolute atomic E-state index is 0.0870. The highest BCUT2D eigenvalue weighted by Crippen LogP contribution is 2.32. The van der Waals surface area contributed by atoms with Crippen molar-refractivity contribution in [1.82, 2.24) is 10.2 Å². The monoisotopic (exact) mass is 304 g/mol. The lowest BCUT2D eigenvalue weighted by Gasteiger charge is -2.20. The van der Waals surface area contributed by atoms with Crippen molar-refractivity contribution in [3.63, 3.8) is 0 Å². The molecule has 0 amide bonds. The zero-order valence-electron chi connectivity index (χ0n) is 13.4. The third kappa shape index (κ3) is 3.49. The number of aromatic nitrogens is 2. The molecule has 0 radical (unpaired) electrons. The quantitative estimate of drug-likeness (QED) is 0.716. The fourth-order valence-electron chi connectivity index (χ4n) is 2.66. The van der Waals surface area contributed by atoms with E-state index in [2.05, 4.69) is 31.0 Å². The van der Waals surface area contributed by atoms with Crippen LogP contribution in [0.3, 0.4) is 0 Å².